The number of ketones is 2. The highest BCUT2D eigenvalue weighted by molar-refractivity contribution is 5.95. The van der Waals surface area contributed by atoms with Gasteiger partial charge in [-0.1, -0.05) is 144 Å². The second kappa shape index (κ2) is 68.2. The molecule has 0 bridgehead atoms. The zero-order valence-corrected chi connectivity index (χ0v) is 79.0. The third-order valence-electron chi connectivity index (χ3n) is 15.2. The number of hydrogen-bond acceptors (Lipinski definition) is 42. The van der Waals surface area contributed by atoms with E-state index >= 15 is 0 Å². The molecule has 46 heteroatoms. The van der Waals surface area contributed by atoms with Gasteiger partial charge in [-0.2, -0.15) is 0 Å². The van der Waals surface area contributed by atoms with Crippen molar-refractivity contribution in [2.45, 2.75) is 327 Å². The van der Waals surface area contributed by atoms with Gasteiger partial charge in [-0.15, -0.1) is 0 Å². The molecule has 4 N–H and O–H groups in total. The van der Waals surface area contributed by atoms with Crippen LogP contribution in [0.4, 0.5) is 0 Å². The number of Topliss-reactive ketones (excluding diaryl/α,β-unsaturated/α-hetero) is 2. The summed E-state index contributed by atoms with van der Waals surface area (Å²) in [4.78, 5) is 277. The van der Waals surface area contributed by atoms with Crippen LogP contribution in [0.3, 0.4) is 0 Å². The SMILES string of the molecule is CCC(=O)O[C@@H](C(=O)OC(C)(C)C)[C@@H](OC(=O)CC)C(=O)OC(C)(C)C.CCC(=O)O[C@@H](C(=O)OCc1ccccc1)[C@@H](OC(=O)CC)C(=O)OCc1ccccc1.CCC(=O)O[C@H](C(=O)O)[C@H](OC(=O)CC)C(=O)O.CCC(=O)O[C@H](C(C)=O)[C@H](OC(=O)CC)C(=O)O.CCC(=O)O[C@H](C(C)=O)[C@H](OC(=O)CC)C(=O)O.CCOC(=O)[C@H](OC(=O)CC)[C@@H](OC(=O)CC)C(=O)OCC. The molecule has 0 aliphatic heterocycles. The van der Waals surface area contributed by atoms with Gasteiger partial charge >= 0.3 is 131 Å². The zero-order valence-electron chi connectivity index (χ0n) is 79.0. The summed E-state index contributed by atoms with van der Waals surface area (Å²) in [5.41, 5.74) is -0.423. The highest BCUT2D eigenvalue weighted by atomic mass is 16.7. The molecule has 0 fully saturated rings. The molecule has 0 radical (unpaired) electrons. The maximum atomic E-state index is 12.8. The lowest BCUT2D eigenvalue weighted by Crippen LogP contribution is -2.50. The Bertz CT molecular complexity index is 3760. The molecule has 0 amide bonds. The van der Waals surface area contributed by atoms with Gasteiger partial charge in [0.05, 0.1) is 13.2 Å². The van der Waals surface area contributed by atoms with E-state index in [-0.39, 0.29) is 103 Å². The molecule has 2 rings (SSSR count). The molecule has 0 aliphatic carbocycles. The number of ether oxygens (including phenoxy) is 18. The first-order valence-electron chi connectivity index (χ1n) is 42.0. The topological polar surface area (TPSA) is 657 Å². The second-order valence-corrected chi connectivity index (χ2v) is 28.5. The lowest BCUT2D eigenvalue weighted by Gasteiger charge is -2.29. The van der Waals surface area contributed by atoms with Gasteiger partial charge in [-0.3, -0.25) is 67.1 Å². The summed E-state index contributed by atoms with van der Waals surface area (Å²) in [5.74, 6) is -23.3. The van der Waals surface area contributed by atoms with Crippen molar-refractivity contribution >= 4 is 143 Å². The number of carboxylic acid groups (broad SMARTS) is 4. The number of carbonyl (C=O) groups excluding carboxylic acids is 20. The summed E-state index contributed by atoms with van der Waals surface area (Å²) in [7, 11) is 0. The molecule has 0 spiro atoms. The molecular formula is C88H124O46. The molecule has 0 unspecified atom stereocenters. The van der Waals surface area contributed by atoms with Crippen molar-refractivity contribution < 1.29 is 221 Å². The van der Waals surface area contributed by atoms with E-state index in [1.807, 2.05) is 0 Å². The fourth-order valence-electron chi connectivity index (χ4n) is 8.57. The Morgan fingerprint density at radius 1 is 0.224 bits per heavy atom. The molecule has 134 heavy (non-hydrogen) atoms. The average molecular weight is 1920 g/mol. The van der Waals surface area contributed by atoms with Gasteiger partial charge in [0.25, 0.3) is 0 Å². The van der Waals surface area contributed by atoms with Crippen molar-refractivity contribution in [1.82, 2.24) is 0 Å². The Morgan fingerprint density at radius 2 is 0.373 bits per heavy atom. The second-order valence-electron chi connectivity index (χ2n) is 28.5. The summed E-state index contributed by atoms with van der Waals surface area (Å²) >= 11 is 0. The standard InChI is InChI=1S/C24H26O8.C18H30O8.C14H22O8.2C11H16O7.C10H14O8/c1-3-19(25)31-21(23(27)29-15-17-11-7-5-8-12-17)22(32-20(26)4-2)24(28)30-16-18-13-9-6-10-14-18;1-9-11(19)23-13(15(21)25-17(3,4)5)14(24-12(20)10-2)16(22)26-18(6,7)8;1-5-9(15)21-11(13(17)19-7-3)12(14(18)20-8-4)22-10(16)6-2;2*1-4-7(13)17-9(6(3)12)10(11(15)16)18-8(14)5-2;1-3-5(11)17-7(9(13)14)8(10(15)16)18-6(12)4-2/h5-14,21-22H,3-4,15-16H2,1-2H3;13-14H,9-10H2,1-8H3;11-12H,5-8H2,1-4H3;2*9-10H,4-5H2,1-3H3,(H,15,16);7-8H,3-4H2,1-2H3,(H,13,14)(H,15,16)/t21-,22-;13-,14-;11-,12-;2*9-,10+;7-,8-/m111110/s1. The molecule has 0 saturated carbocycles. The van der Waals surface area contributed by atoms with E-state index in [0.29, 0.717) is 11.1 Å². The van der Waals surface area contributed by atoms with Crippen molar-refractivity contribution in [3.63, 3.8) is 0 Å². The number of benzene rings is 2. The molecule has 46 nitrogen and oxygen atoms in total. The minimum absolute atomic E-state index is 0.0102. The van der Waals surface area contributed by atoms with Crippen LogP contribution in [0.25, 0.3) is 0 Å². The summed E-state index contributed by atoms with van der Waals surface area (Å²) in [6, 6.07) is 17.6. The number of hydrogen-bond donors (Lipinski definition) is 4. The minimum atomic E-state index is -2.06. The van der Waals surface area contributed by atoms with E-state index in [1.54, 1.807) is 116 Å². The summed E-state index contributed by atoms with van der Waals surface area (Å²) in [6.07, 6.45) is -22.1. The van der Waals surface area contributed by atoms with Crippen LogP contribution in [0.2, 0.25) is 0 Å². The summed E-state index contributed by atoms with van der Waals surface area (Å²) in [6.45, 7) is 32.6. The Balaban J connectivity index is -0.000000768. The zero-order chi connectivity index (χ0) is 104. The fraction of sp³-hybridized carbons (Fsp3) is 0.591. The van der Waals surface area contributed by atoms with Gasteiger partial charge in [0.15, 0.2) is 11.6 Å². The number of esters is 18. The fourth-order valence-corrected chi connectivity index (χ4v) is 8.57. The van der Waals surface area contributed by atoms with Crippen molar-refractivity contribution in [2.24, 2.45) is 0 Å². The molecule has 12 atom stereocenters. The highest BCUT2D eigenvalue weighted by Gasteiger charge is 2.48. The van der Waals surface area contributed by atoms with E-state index in [4.69, 9.17) is 77.3 Å². The Hall–Kier alpha value is -13.9. The van der Waals surface area contributed by atoms with Crippen molar-refractivity contribution in [3.8, 4) is 0 Å². The van der Waals surface area contributed by atoms with Crippen molar-refractivity contribution in [3.05, 3.63) is 71.8 Å². The number of rotatable bonds is 48. The quantitative estimate of drug-likeness (QED) is 0.0400. The molecule has 752 valence electrons. The van der Waals surface area contributed by atoms with Crippen LogP contribution in [-0.2, 0) is 214 Å². The van der Waals surface area contributed by atoms with Crippen LogP contribution in [0.5, 0.6) is 0 Å². The Kier molecular flexibility index (Phi) is 64.3. The number of carbonyl (C=O) groups is 24. The molecule has 0 aliphatic rings. The van der Waals surface area contributed by atoms with Gasteiger partial charge < -0.3 is 106 Å². The van der Waals surface area contributed by atoms with E-state index < -0.39 is 227 Å². The highest BCUT2D eigenvalue weighted by Crippen LogP contribution is 2.22. The smallest absolute Gasteiger partial charge is 0.352 e. The van der Waals surface area contributed by atoms with Crippen molar-refractivity contribution in [2.75, 3.05) is 13.2 Å². The lowest BCUT2D eigenvalue weighted by atomic mass is 10.1. The third kappa shape index (κ3) is 54.7. The number of aliphatic carboxylic acids is 4. The monoisotopic (exact) mass is 1920 g/mol. The molecule has 0 saturated heterocycles. The molecular weight excluding hydrogens is 1790 g/mol. The summed E-state index contributed by atoms with van der Waals surface area (Å²) in [5, 5.41) is 35.4. The maximum absolute atomic E-state index is 12.8. The van der Waals surface area contributed by atoms with Crippen LogP contribution in [0, 0.1) is 0 Å². The Morgan fingerprint density at radius 3 is 0.522 bits per heavy atom. The van der Waals surface area contributed by atoms with Crippen LogP contribution in [0.1, 0.15) is 240 Å². The Labute approximate surface area is 772 Å². The first-order chi connectivity index (χ1) is 62.5. The first kappa shape index (κ1) is 126. The van der Waals surface area contributed by atoms with Crippen LogP contribution >= 0.6 is 0 Å². The van der Waals surface area contributed by atoms with Crippen LogP contribution in [-0.4, -0.2) is 261 Å². The normalized spacial score (nSPS) is 13.1. The van der Waals surface area contributed by atoms with E-state index in [2.05, 4.69) is 28.4 Å². The van der Waals surface area contributed by atoms with Gasteiger partial charge in [0, 0.05) is 77.0 Å². The van der Waals surface area contributed by atoms with Gasteiger partial charge in [0.1, 0.15) is 24.4 Å². The predicted molar refractivity (Wildman–Crippen MR) is 451 cm³/mol. The lowest BCUT2D eigenvalue weighted by molar-refractivity contribution is -0.199. The van der Waals surface area contributed by atoms with Crippen molar-refractivity contribution in [1.29, 1.82) is 0 Å². The van der Waals surface area contributed by atoms with Gasteiger partial charge in [-0.25, -0.2) is 47.9 Å². The number of carboxylic acids is 4. The molecule has 0 heterocycles. The largest absolute Gasteiger partial charge is 0.478 e. The van der Waals surface area contributed by atoms with E-state index in [0.717, 1.165) is 13.8 Å². The molecule has 0 aromatic heterocycles. The van der Waals surface area contributed by atoms with E-state index in [1.165, 1.54) is 83.1 Å². The maximum Gasteiger partial charge on any atom is 0.352 e. The average Bonchev–Trinajstić information content (AvgIpc) is 0.839. The third-order valence-corrected chi connectivity index (χ3v) is 15.2. The van der Waals surface area contributed by atoms with E-state index in [9.17, 15) is 115 Å². The molecule has 2 aromatic carbocycles. The predicted octanol–water partition coefficient (Wildman–Crippen LogP) is 6.59. The van der Waals surface area contributed by atoms with Gasteiger partial charge in [0.2, 0.25) is 73.2 Å². The first-order valence-corrected chi connectivity index (χ1v) is 42.0. The minimum Gasteiger partial charge on any atom is -0.478 e. The van der Waals surface area contributed by atoms with Crippen LogP contribution < -0.4 is 0 Å². The van der Waals surface area contributed by atoms with Crippen LogP contribution in [0.15, 0.2) is 60.7 Å². The molecule has 2 aromatic rings. The summed E-state index contributed by atoms with van der Waals surface area (Å²) < 4.78 is 88.0. The van der Waals surface area contributed by atoms with Gasteiger partial charge in [-0.05, 0) is 80.4 Å².